The summed E-state index contributed by atoms with van der Waals surface area (Å²) in [7, 11) is 1.66. The first kappa shape index (κ1) is 20.6. The van der Waals surface area contributed by atoms with Gasteiger partial charge >= 0.3 is 0 Å². The van der Waals surface area contributed by atoms with Crippen LogP contribution in [0.15, 0.2) is 41.4 Å². The maximum absolute atomic E-state index is 14.0. The summed E-state index contributed by atoms with van der Waals surface area (Å²) in [6.07, 6.45) is 0.965. The fourth-order valence-corrected chi connectivity index (χ4v) is 3.04. The summed E-state index contributed by atoms with van der Waals surface area (Å²) in [4.78, 5) is 4.19. The molecule has 3 rings (SSSR count). The van der Waals surface area contributed by atoms with E-state index in [1.807, 2.05) is 31.2 Å². The third-order valence-corrected chi connectivity index (χ3v) is 4.70. The van der Waals surface area contributed by atoms with Crippen molar-refractivity contribution in [2.45, 2.75) is 32.5 Å². The zero-order valence-electron chi connectivity index (χ0n) is 16.7. The van der Waals surface area contributed by atoms with Gasteiger partial charge in [0.2, 0.25) is 0 Å². The largest absolute Gasteiger partial charge is 0.488 e. The van der Waals surface area contributed by atoms with Crippen molar-refractivity contribution in [2.75, 3.05) is 20.3 Å². The van der Waals surface area contributed by atoms with Crippen LogP contribution >= 0.6 is 0 Å². The third kappa shape index (κ3) is 5.69. The minimum Gasteiger partial charge on any atom is -0.488 e. The monoisotopic (exact) mass is 396 g/mol. The molecule has 2 aromatic rings. The van der Waals surface area contributed by atoms with E-state index in [0.717, 1.165) is 29.9 Å². The molecule has 1 aliphatic heterocycles. The number of rotatable bonds is 6. The molecule has 1 saturated heterocycles. The van der Waals surface area contributed by atoms with E-state index >= 15 is 0 Å². The van der Waals surface area contributed by atoms with Crippen molar-refractivity contribution >= 4 is 5.96 Å². The molecule has 1 fully saturated rings. The van der Waals surface area contributed by atoms with Gasteiger partial charge in [-0.2, -0.15) is 5.26 Å². The Morgan fingerprint density at radius 2 is 2.00 bits per heavy atom. The van der Waals surface area contributed by atoms with Gasteiger partial charge in [-0.1, -0.05) is 18.2 Å². The predicted octanol–water partition coefficient (Wildman–Crippen LogP) is 3.04. The molecule has 1 aliphatic rings. The molecule has 0 bridgehead atoms. The van der Waals surface area contributed by atoms with E-state index in [2.05, 4.69) is 15.6 Å². The fourth-order valence-electron chi connectivity index (χ4n) is 3.04. The van der Waals surface area contributed by atoms with E-state index in [-0.39, 0.29) is 12.6 Å². The number of halogens is 1. The first-order chi connectivity index (χ1) is 14.1. The Kier molecular flexibility index (Phi) is 7.04. The van der Waals surface area contributed by atoms with Crippen LogP contribution in [-0.4, -0.2) is 32.3 Å². The molecule has 29 heavy (non-hydrogen) atoms. The molecule has 0 aliphatic carbocycles. The second-order valence-corrected chi connectivity index (χ2v) is 6.91. The average molecular weight is 396 g/mol. The molecule has 0 radical (unpaired) electrons. The summed E-state index contributed by atoms with van der Waals surface area (Å²) < 4.78 is 25.6. The molecule has 2 N–H and O–H groups in total. The van der Waals surface area contributed by atoms with Crippen molar-refractivity contribution in [1.82, 2.24) is 10.6 Å². The molecule has 152 valence electrons. The van der Waals surface area contributed by atoms with Gasteiger partial charge in [0, 0.05) is 37.7 Å². The molecular formula is C22H25FN4O2. The van der Waals surface area contributed by atoms with Gasteiger partial charge in [-0.3, -0.25) is 4.99 Å². The quantitative estimate of drug-likeness (QED) is 0.580. The number of hydrogen-bond acceptors (Lipinski definition) is 4. The van der Waals surface area contributed by atoms with Crippen LogP contribution in [0.4, 0.5) is 4.39 Å². The minimum atomic E-state index is -0.417. The van der Waals surface area contributed by atoms with Crippen LogP contribution in [-0.2, 0) is 17.8 Å². The van der Waals surface area contributed by atoms with Crippen molar-refractivity contribution in [2.24, 2.45) is 4.99 Å². The van der Waals surface area contributed by atoms with Crippen LogP contribution in [0.3, 0.4) is 0 Å². The van der Waals surface area contributed by atoms with Crippen LogP contribution in [0.2, 0.25) is 0 Å². The molecule has 6 nitrogen and oxygen atoms in total. The Balaban J connectivity index is 1.60. The highest BCUT2D eigenvalue weighted by molar-refractivity contribution is 5.79. The van der Waals surface area contributed by atoms with E-state index in [1.54, 1.807) is 19.2 Å². The maximum Gasteiger partial charge on any atom is 0.191 e. The average Bonchev–Trinajstić information content (AvgIpc) is 3.23. The lowest BCUT2D eigenvalue weighted by Crippen LogP contribution is -2.36. The Morgan fingerprint density at radius 3 is 2.66 bits per heavy atom. The summed E-state index contributed by atoms with van der Waals surface area (Å²) in [5.41, 5.74) is 2.90. The topological polar surface area (TPSA) is 78.7 Å². The number of nitrogens with one attached hydrogen (secondary N) is 2. The Hall–Kier alpha value is -3.11. The number of hydrogen-bond donors (Lipinski definition) is 2. The standard InChI is InChI=1S/C22H25FN4O2/c1-15-3-5-18(21(9-15)29-19-7-8-28-14-19)13-27-22(25-2)26-12-17-6-4-16(11-24)10-20(17)23/h3-6,9-10,19H,7-8,12-14H2,1-2H3,(H2,25,26,27). The lowest BCUT2D eigenvalue weighted by Gasteiger charge is -2.18. The lowest BCUT2D eigenvalue weighted by molar-refractivity contribution is 0.140. The van der Waals surface area contributed by atoms with E-state index in [4.69, 9.17) is 14.7 Å². The fraction of sp³-hybridized carbons (Fsp3) is 0.364. The SMILES string of the molecule is CN=C(NCc1ccc(C#N)cc1F)NCc1ccc(C)cc1OC1CCOC1. The van der Waals surface area contributed by atoms with Crippen LogP contribution in [0, 0.1) is 24.1 Å². The summed E-state index contributed by atoms with van der Waals surface area (Å²) in [6, 6.07) is 12.5. The molecule has 0 aromatic heterocycles. The van der Waals surface area contributed by atoms with Gasteiger partial charge < -0.3 is 20.1 Å². The Morgan fingerprint density at radius 1 is 1.24 bits per heavy atom. The highest BCUT2D eigenvalue weighted by Crippen LogP contribution is 2.23. The Labute approximate surface area is 170 Å². The first-order valence-electron chi connectivity index (χ1n) is 9.56. The number of nitrogens with zero attached hydrogens (tertiary/aromatic N) is 2. The highest BCUT2D eigenvalue weighted by atomic mass is 19.1. The van der Waals surface area contributed by atoms with Crippen LogP contribution in [0.25, 0.3) is 0 Å². The molecule has 0 saturated carbocycles. The third-order valence-electron chi connectivity index (χ3n) is 4.70. The van der Waals surface area contributed by atoms with E-state index in [0.29, 0.717) is 30.2 Å². The number of aryl methyl sites for hydroxylation is 1. The number of guanidine groups is 1. The lowest BCUT2D eigenvalue weighted by atomic mass is 10.1. The molecular weight excluding hydrogens is 371 g/mol. The summed E-state index contributed by atoms with van der Waals surface area (Å²) >= 11 is 0. The van der Waals surface area contributed by atoms with Gasteiger partial charge in [-0.25, -0.2) is 4.39 Å². The smallest absolute Gasteiger partial charge is 0.191 e. The molecule has 0 amide bonds. The van der Waals surface area contributed by atoms with E-state index in [1.165, 1.54) is 6.07 Å². The number of nitriles is 1. The van der Waals surface area contributed by atoms with Crippen molar-refractivity contribution in [1.29, 1.82) is 5.26 Å². The van der Waals surface area contributed by atoms with E-state index < -0.39 is 5.82 Å². The normalized spacial score (nSPS) is 16.3. The van der Waals surface area contributed by atoms with Gasteiger partial charge in [0.05, 0.1) is 24.8 Å². The summed E-state index contributed by atoms with van der Waals surface area (Å²) in [6.45, 7) is 4.14. The van der Waals surface area contributed by atoms with Crippen molar-refractivity contribution in [3.05, 3.63) is 64.5 Å². The van der Waals surface area contributed by atoms with Gasteiger partial charge in [-0.15, -0.1) is 0 Å². The first-order valence-corrected chi connectivity index (χ1v) is 9.56. The minimum absolute atomic E-state index is 0.0762. The van der Waals surface area contributed by atoms with Crippen molar-refractivity contribution < 1.29 is 13.9 Å². The summed E-state index contributed by atoms with van der Waals surface area (Å²) in [5.74, 6) is 0.964. The zero-order chi connectivity index (χ0) is 20.6. The van der Waals surface area contributed by atoms with Gasteiger partial charge in [0.15, 0.2) is 5.96 Å². The maximum atomic E-state index is 14.0. The molecule has 1 unspecified atom stereocenters. The summed E-state index contributed by atoms with van der Waals surface area (Å²) in [5, 5.41) is 15.2. The van der Waals surface area contributed by atoms with Crippen LogP contribution in [0.1, 0.15) is 28.7 Å². The molecule has 7 heteroatoms. The van der Waals surface area contributed by atoms with Crippen molar-refractivity contribution in [3.8, 4) is 11.8 Å². The van der Waals surface area contributed by atoms with Gasteiger partial charge in [0.1, 0.15) is 17.7 Å². The highest BCUT2D eigenvalue weighted by Gasteiger charge is 2.18. The zero-order valence-corrected chi connectivity index (χ0v) is 16.7. The predicted molar refractivity (Wildman–Crippen MR) is 109 cm³/mol. The molecule has 2 aromatic carbocycles. The number of ether oxygens (including phenoxy) is 2. The Bertz CT molecular complexity index is 918. The van der Waals surface area contributed by atoms with Crippen molar-refractivity contribution in [3.63, 3.8) is 0 Å². The van der Waals surface area contributed by atoms with E-state index in [9.17, 15) is 4.39 Å². The molecule has 1 heterocycles. The number of benzene rings is 2. The van der Waals surface area contributed by atoms with Gasteiger partial charge in [-0.05, 0) is 30.7 Å². The van der Waals surface area contributed by atoms with Crippen LogP contribution in [0.5, 0.6) is 5.75 Å². The second kappa shape index (κ2) is 9.89. The molecule has 0 spiro atoms. The molecule has 1 atom stereocenters. The van der Waals surface area contributed by atoms with Gasteiger partial charge in [0.25, 0.3) is 0 Å². The second-order valence-electron chi connectivity index (χ2n) is 6.91. The number of aliphatic imine (C=N–C) groups is 1. The van der Waals surface area contributed by atoms with Crippen LogP contribution < -0.4 is 15.4 Å².